The maximum atomic E-state index is 12.8. The zero-order valence-electron chi connectivity index (χ0n) is 17.0. The van der Waals surface area contributed by atoms with E-state index in [0.717, 1.165) is 32.1 Å². The van der Waals surface area contributed by atoms with Crippen molar-refractivity contribution in [2.75, 3.05) is 6.54 Å². The molecular weight excluding hydrogens is 387 g/mol. The molecule has 1 fully saturated rings. The van der Waals surface area contributed by atoms with Crippen LogP contribution >= 0.6 is 0 Å². The molecule has 0 unspecified atom stereocenters. The van der Waals surface area contributed by atoms with Gasteiger partial charge in [-0.25, -0.2) is 13.1 Å². The van der Waals surface area contributed by atoms with Gasteiger partial charge in [0, 0.05) is 6.54 Å². The SMILES string of the molecule is CC(C)c1ccc2c(c1)CC[C@H]1[C@](C)(CNS(=O)(=O)C(F)(F)F)CCC[C@]21C. The van der Waals surface area contributed by atoms with Gasteiger partial charge in [-0.2, -0.15) is 13.2 Å². The quantitative estimate of drug-likeness (QED) is 0.726. The molecule has 28 heavy (non-hydrogen) atoms. The molecule has 1 N–H and O–H groups in total. The fourth-order valence-corrected chi connectivity index (χ4v) is 6.24. The first kappa shape index (κ1) is 21.6. The van der Waals surface area contributed by atoms with Gasteiger partial charge in [-0.1, -0.05) is 52.3 Å². The minimum atomic E-state index is -5.32. The first-order valence-electron chi connectivity index (χ1n) is 9.99. The number of nitrogens with one attached hydrogen (secondary N) is 1. The Balaban J connectivity index is 1.91. The molecule has 2 aliphatic carbocycles. The topological polar surface area (TPSA) is 46.2 Å². The maximum absolute atomic E-state index is 12.8. The van der Waals surface area contributed by atoms with Crippen LogP contribution in [-0.2, 0) is 21.9 Å². The summed E-state index contributed by atoms with van der Waals surface area (Å²) in [6, 6.07) is 6.64. The lowest BCUT2D eigenvalue weighted by Gasteiger charge is -2.55. The third-order valence-corrected chi connectivity index (χ3v) is 8.27. The van der Waals surface area contributed by atoms with E-state index >= 15 is 0 Å². The van der Waals surface area contributed by atoms with Crippen molar-refractivity contribution < 1.29 is 21.6 Å². The predicted molar refractivity (Wildman–Crippen MR) is 105 cm³/mol. The molecule has 3 rings (SSSR count). The average Bonchev–Trinajstić information content (AvgIpc) is 2.58. The molecule has 1 aromatic rings. The highest BCUT2D eigenvalue weighted by molar-refractivity contribution is 7.90. The summed E-state index contributed by atoms with van der Waals surface area (Å²) in [4.78, 5) is 0. The summed E-state index contributed by atoms with van der Waals surface area (Å²) in [5.74, 6) is 0.589. The smallest absolute Gasteiger partial charge is 0.207 e. The van der Waals surface area contributed by atoms with Crippen molar-refractivity contribution in [1.29, 1.82) is 0 Å². The van der Waals surface area contributed by atoms with Crippen LogP contribution in [0.25, 0.3) is 0 Å². The zero-order chi connectivity index (χ0) is 21.0. The molecule has 1 saturated carbocycles. The van der Waals surface area contributed by atoms with Gasteiger partial charge >= 0.3 is 15.5 Å². The molecule has 0 saturated heterocycles. The molecule has 3 nitrogen and oxygen atoms in total. The van der Waals surface area contributed by atoms with Crippen LogP contribution < -0.4 is 4.72 Å². The highest BCUT2D eigenvalue weighted by Crippen LogP contribution is 2.57. The van der Waals surface area contributed by atoms with Crippen molar-refractivity contribution in [3.05, 3.63) is 34.9 Å². The Morgan fingerprint density at radius 1 is 1.21 bits per heavy atom. The van der Waals surface area contributed by atoms with Crippen molar-refractivity contribution in [1.82, 2.24) is 4.72 Å². The summed E-state index contributed by atoms with van der Waals surface area (Å²) >= 11 is 0. The van der Waals surface area contributed by atoms with Gasteiger partial charge in [0.15, 0.2) is 0 Å². The van der Waals surface area contributed by atoms with Gasteiger partial charge in [0.2, 0.25) is 0 Å². The molecule has 0 amide bonds. The molecule has 0 spiro atoms. The van der Waals surface area contributed by atoms with E-state index in [9.17, 15) is 21.6 Å². The molecule has 2 aliphatic rings. The van der Waals surface area contributed by atoms with Crippen LogP contribution in [0.1, 0.15) is 76.0 Å². The Kier molecular flexibility index (Phi) is 5.41. The number of halogens is 3. The summed E-state index contributed by atoms with van der Waals surface area (Å²) in [5.41, 5.74) is -1.98. The number of fused-ring (bicyclic) bond motifs is 3. The molecule has 1 aromatic carbocycles. The maximum Gasteiger partial charge on any atom is 0.511 e. The molecule has 0 aromatic heterocycles. The summed E-state index contributed by atoms with van der Waals surface area (Å²) in [5, 5.41) is 0. The van der Waals surface area contributed by atoms with Crippen LogP contribution in [0.2, 0.25) is 0 Å². The molecule has 3 atom stereocenters. The lowest BCUT2D eigenvalue weighted by atomic mass is 9.50. The van der Waals surface area contributed by atoms with E-state index in [4.69, 9.17) is 0 Å². The van der Waals surface area contributed by atoms with Crippen LogP contribution in [0.3, 0.4) is 0 Å². The lowest BCUT2D eigenvalue weighted by molar-refractivity contribution is -0.0456. The number of aryl methyl sites for hydroxylation is 1. The van der Waals surface area contributed by atoms with E-state index in [1.54, 1.807) is 0 Å². The number of sulfonamides is 1. The summed E-state index contributed by atoms with van der Waals surface area (Å²) in [6.07, 6.45) is 4.34. The van der Waals surface area contributed by atoms with E-state index in [0.29, 0.717) is 5.92 Å². The van der Waals surface area contributed by atoms with E-state index < -0.39 is 20.9 Å². The first-order valence-corrected chi connectivity index (χ1v) is 11.5. The molecular formula is C21H30F3NO2S. The number of hydrogen-bond donors (Lipinski definition) is 1. The molecule has 0 aliphatic heterocycles. The number of rotatable bonds is 4. The van der Waals surface area contributed by atoms with Gasteiger partial charge < -0.3 is 0 Å². The fourth-order valence-electron chi connectivity index (χ4n) is 5.56. The third kappa shape index (κ3) is 3.60. The van der Waals surface area contributed by atoms with Gasteiger partial charge in [0.05, 0.1) is 0 Å². The van der Waals surface area contributed by atoms with Gasteiger partial charge in [-0.3, -0.25) is 0 Å². The summed E-state index contributed by atoms with van der Waals surface area (Å²) < 4.78 is 63.2. The van der Waals surface area contributed by atoms with Crippen molar-refractivity contribution >= 4 is 10.0 Å². The second kappa shape index (κ2) is 7.01. The Labute approximate surface area is 166 Å². The van der Waals surface area contributed by atoms with Crippen molar-refractivity contribution in [2.45, 2.75) is 76.6 Å². The van der Waals surface area contributed by atoms with Crippen LogP contribution in [-0.4, -0.2) is 20.5 Å². The molecule has 0 radical (unpaired) electrons. The van der Waals surface area contributed by atoms with Crippen molar-refractivity contribution in [2.24, 2.45) is 11.3 Å². The Morgan fingerprint density at radius 3 is 2.50 bits per heavy atom. The first-order chi connectivity index (χ1) is 12.8. The van der Waals surface area contributed by atoms with Gasteiger partial charge in [-0.05, 0) is 65.0 Å². The van der Waals surface area contributed by atoms with Crippen LogP contribution in [0.4, 0.5) is 13.2 Å². The molecule has 158 valence electrons. The standard InChI is InChI=1S/C21H30F3NO2S/c1-14(2)15-6-8-17-16(12-15)7-9-18-19(3,10-5-11-20(17,18)4)13-25-28(26,27)21(22,23)24/h6,8,12,14,18,25H,5,7,9-11,13H2,1-4H3/t18-,19-,20+/m0/s1. The van der Waals surface area contributed by atoms with Crippen LogP contribution in [0, 0.1) is 11.3 Å². The summed E-state index contributed by atoms with van der Waals surface area (Å²) in [7, 11) is -5.32. The zero-order valence-corrected chi connectivity index (χ0v) is 17.8. The minimum absolute atomic E-state index is 0.139. The highest BCUT2D eigenvalue weighted by Gasteiger charge is 2.53. The average molecular weight is 418 g/mol. The minimum Gasteiger partial charge on any atom is -0.207 e. The van der Waals surface area contributed by atoms with Crippen LogP contribution in [0.15, 0.2) is 18.2 Å². The Bertz CT molecular complexity index is 850. The number of hydrogen-bond acceptors (Lipinski definition) is 2. The Hall–Kier alpha value is -1.08. The van der Waals surface area contributed by atoms with E-state index in [1.807, 2.05) is 11.6 Å². The second-order valence-electron chi connectivity index (χ2n) is 9.36. The van der Waals surface area contributed by atoms with Gasteiger partial charge in [0.25, 0.3) is 0 Å². The van der Waals surface area contributed by atoms with Gasteiger partial charge in [-0.15, -0.1) is 0 Å². The Morgan fingerprint density at radius 2 is 1.89 bits per heavy atom. The molecule has 0 bridgehead atoms. The van der Waals surface area contributed by atoms with E-state index in [2.05, 4.69) is 39.0 Å². The predicted octanol–water partition coefficient (Wildman–Crippen LogP) is 5.26. The summed E-state index contributed by atoms with van der Waals surface area (Å²) in [6.45, 7) is 8.31. The van der Waals surface area contributed by atoms with Crippen LogP contribution in [0.5, 0.6) is 0 Å². The van der Waals surface area contributed by atoms with E-state index in [-0.39, 0.29) is 17.9 Å². The van der Waals surface area contributed by atoms with Crippen molar-refractivity contribution in [3.8, 4) is 0 Å². The van der Waals surface area contributed by atoms with E-state index in [1.165, 1.54) is 16.7 Å². The third-order valence-electron chi connectivity index (χ3n) is 7.14. The molecule has 7 heteroatoms. The normalized spacial score (nSPS) is 30.8. The lowest BCUT2D eigenvalue weighted by Crippen LogP contribution is -2.54. The largest absolute Gasteiger partial charge is 0.511 e. The van der Waals surface area contributed by atoms with Gasteiger partial charge in [0.1, 0.15) is 0 Å². The van der Waals surface area contributed by atoms with Crippen molar-refractivity contribution in [3.63, 3.8) is 0 Å². The number of benzene rings is 1. The molecule has 0 heterocycles. The highest BCUT2D eigenvalue weighted by atomic mass is 32.2. The monoisotopic (exact) mass is 417 g/mol. The fraction of sp³-hybridized carbons (Fsp3) is 0.714. The second-order valence-corrected chi connectivity index (χ2v) is 11.1. The number of alkyl halides is 3.